The minimum Gasteiger partial charge on any atom is -0.491 e. The van der Waals surface area contributed by atoms with Crippen molar-refractivity contribution in [2.24, 2.45) is 0 Å². The zero-order valence-corrected chi connectivity index (χ0v) is 19.7. The third-order valence-electron chi connectivity index (χ3n) is 4.81. The lowest BCUT2D eigenvalue weighted by Crippen LogP contribution is -2.41. The van der Waals surface area contributed by atoms with E-state index in [1.807, 2.05) is 24.3 Å². The maximum Gasteiger partial charge on any atom is 0.274 e. The quantitative estimate of drug-likeness (QED) is 0.347. The van der Waals surface area contributed by atoms with E-state index in [1.165, 1.54) is 25.1 Å². The summed E-state index contributed by atoms with van der Waals surface area (Å²) in [5.74, 6) is 0.174. The van der Waals surface area contributed by atoms with Crippen molar-refractivity contribution in [2.75, 3.05) is 30.3 Å². The summed E-state index contributed by atoms with van der Waals surface area (Å²) in [6.07, 6.45) is 0.949. The maximum absolute atomic E-state index is 12.4. The van der Waals surface area contributed by atoms with Crippen LogP contribution in [0.5, 0.6) is 5.75 Å². The number of nitrogens with one attached hydrogen (secondary N) is 1. The summed E-state index contributed by atoms with van der Waals surface area (Å²) in [6.45, 7) is 7.55. The zero-order valence-electron chi connectivity index (χ0n) is 18.9. The third kappa shape index (κ3) is 6.43. The Hall–Kier alpha value is -3.14. The standard InChI is InChI=1S/C22H29N3O6S/c1-16-18(10-8-11-19(16)25(27)28)24(32(5,29)30)15-21(26)23-13-14-31-20-12-7-6-9-17(20)22(2,3)4/h6-12H,13-15H2,1-5H3,(H,23,26). The molecule has 0 heterocycles. The number of hydrogen-bond acceptors (Lipinski definition) is 6. The van der Waals surface area contributed by atoms with Gasteiger partial charge in [0, 0.05) is 6.07 Å². The van der Waals surface area contributed by atoms with E-state index >= 15 is 0 Å². The minimum absolute atomic E-state index is 0.0900. The highest BCUT2D eigenvalue weighted by Crippen LogP contribution is 2.31. The Morgan fingerprint density at radius 3 is 2.41 bits per heavy atom. The van der Waals surface area contributed by atoms with Crippen molar-refractivity contribution in [3.63, 3.8) is 0 Å². The molecule has 9 nitrogen and oxygen atoms in total. The van der Waals surface area contributed by atoms with Crippen LogP contribution in [-0.4, -0.2) is 45.2 Å². The van der Waals surface area contributed by atoms with Crippen molar-refractivity contribution >= 4 is 27.3 Å². The fraction of sp³-hybridized carbons (Fsp3) is 0.409. The fourth-order valence-corrected chi connectivity index (χ4v) is 4.12. The number of sulfonamides is 1. The molecule has 32 heavy (non-hydrogen) atoms. The number of amides is 1. The van der Waals surface area contributed by atoms with Crippen LogP contribution in [0.3, 0.4) is 0 Å². The van der Waals surface area contributed by atoms with Gasteiger partial charge in [-0.15, -0.1) is 0 Å². The Morgan fingerprint density at radius 2 is 1.81 bits per heavy atom. The number of nitro benzene ring substituents is 1. The number of hydrogen-bond donors (Lipinski definition) is 1. The first-order chi connectivity index (χ1) is 14.8. The van der Waals surface area contributed by atoms with Gasteiger partial charge in [0.2, 0.25) is 15.9 Å². The first-order valence-corrected chi connectivity index (χ1v) is 11.9. The lowest BCUT2D eigenvalue weighted by atomic mass is 9.86. The summed E-state index contributed by atoms with van der Waals surface area (Å²) in [7, 11) is -3.85. The topological polar surface area (TPSA) is 119 Å². The van der Waals surface area contributed by atoms with Gasteiger partial charge in [-0.25, -0.2) is 8.42 Å². The van der Waals surface area contributed by atoms with E-state index in [0.29, 0.717) is 0 Å². The van der Waals surface area contributed by atoms with Gasteiger partial charge in [0.1, 0.15) is 18.9 Å². The molecular weight excluding hydrogens is 434 g/mol. The lowest BCUT2D eigenvalue weighted by molar-refractivity contribution is -0.385. The Morgan fingerprint density at radius 1 is 1.16 bits per heavy atom. The summed E-state index contributed by atoms with van der Waals surface area (Å²) in [6, 6.07) is 11.8. The largest absolute Gasteiger partial charge is 0.491 e. The van der Waals surface area contributed by atoms with Crippen LogP contribution in [-0.2, 0) is 20.2 Å². The molecule has 0 fully saturated rings. The molecule has 1 amide bonds. The maximum atomic E-state index is 12.4. The molecular formula is C22H29N3O6S. The molecule has 0 aliphatic heterocycles. The SMILES string of the molecule is Cc1c(N(CC(=O)NCCOc2ccccc2C(C)(C)C)S(C)(=O)=O)cccc1[N+](=O)[O-]. The molecule has 0 radical (unpaired) electrons. The van der Waals surface area contributed by atoms with Gasteiger partial charge in [0.25, 0.3) is 5.69 Å². The van der Waals surface area contributed by atoms with Crippen LogP contribution in [0, 0.1) is 17.0 Å². The molecule has 0 aromatic heterocycles. The molecule has 174 valence electrons. The van der Waals surface area contributed by atoms with E-state index in [-0.39, 0.29) is 35.5 Å². The second kappa shape index (κ2) is 9.99. The first-order valence-electron chi connectivity index (χ1n) is 10.0. The van der Waals surface area contributed by atoms with Gasteiger partial charge in [-0.05, 0) is 30.0 Å². The highest BCUT2D eigenvalue weighted by Gasteiger charge is 2.25. The van der Waals surface area contributed by atoms with Crippen molar-refractivity contribution in [2.45, 2.75) is 33.1 Å². The van der Waals surface area contributed by atoms with Crippen molar-refractivity contribution in [3.8, 4) is 5.75 Å². The van der Waals surface area contributed by atoms with Gasteiger partial charge >= 0.3 is 0 Å². The monoisotopic (exact) mass is 463 g/mol. The second-order valence-electron chi connectivity index (χ2n) is 8.39. The predicted molar refractivity (Wildman–Crippen MR) is 124 cm³/mol. The van der Waals surface area contributed by atoms with Crippen LogP contribution < -0.4 is 14.4 Å². The third-order valence-corrected chi connectivity index (χ3v) is 5.93. The summed E-state index contributed by atoms with van der Waals surface area (Å²) in [4.78, 5) is 23.0. The smallest absolute Gasteiger partial charge is 0.274 e. The highest BCUT2D eigenvalue weighted by molar-refractivity contribution is 7.92. The van der Waals surface area contributed by atoms with E-state index < -0.39 is 27.4 Å². The number of carbonyl (C=O) groups excluding carboxylic acids is 1. The normalized spacial score (nSPS) is 11.7. The summed E-state index contributed by atoms with van der Waals surface area (Å²) < 4.78 is 31.3. The van der Waals surface area contributed by atoms with Crippen LogP contribution in [0.4, 0.5) is 11.4 Å². The van der Waals surface area contributed by atoms with E-state index in [4.69, 9.17) is 4.74 Å². The average molecular weight is 464 g/mol. The Labute approximate surface area is 188 Å². The van der Waals surface area contributed by atoms with E-state index in [1.54, 1.807) is 0 Å². The molecule has 0 spiro atoms. The second-order valence-corrected chi connectivity index (χ2v) is 10.3. The van der Waals surface area contributed by atoms with Crippen LogP contribution in [0.1, 0.15) is 31.9 Å². The molecule has 0 saturated carbocycles. The van der Waals surface area contributed by atoms with Crippen molar-refractivity contribution in [3.05, 3.63) is 63.7 Å². The summed E-state index contributed by atoms with van der Waals surface area (Å²) in [5.41, 5.74) is 0.967. The number of nitrogens with zero attached hydrogens (tertiary/aromatic N) is 2. The van der Waals surface area contributed by atoms with Crippen LogP contribution in [0.25, 0.3) is 0 Å². The van der Waals surface area contributed by atoms with Gasteiger partial charge in [-0.1, -0.05) is 45.0 Å². The van der Waals surface area contributed by atoms with E-state index in [2.05, 4.69) is 26.1 Å². The van der Waals surface area contributed by atoms with Crippen molar-refractivity contribution in [1.29, 1.82) is 0 Å². The molecule has 0 saturated heterocycles. The lowest BCUT2D eigenvalue weighted by Gasteiger charge is -2.24. The van der Waals surface area contributed by atoms with Crippen molar-refractivity contribution < 1.29 is 22.9 Å². The molecule has 0 aliphatic carbocycles. The number of benzene rings is 2. The molecule has 0 aliphatic rings. The molecule has 1 N–H and O–H groups in total. The summed E-state index contributed by atoms with van der Waals surface area (Å²) >= 11 is 0. The van der Waals surface area contributed by atoms with E-state index in [0.717, 1.165) is 21.9 Å². The Kier molecular flexibility index (Phi) is 7.84. The molecule has 10 heteroatoms. The van der Waals surface area contributed by atoms with E-state index in [9.17, 15) is 23.3 Å². The average Bonchev–Trinajstić information content (AvgIpc) is 2.68. The number of carbonyl (C=O) groups is 1. The molecule has 0 unspecified atom stereocenters. The van der Waals surface area contributed by atoms with Crippen LogP contribution in [0.15, 0.2) is 42.5 Å². The summed E-state index contributed by atoms with van der Waals surface area (Å²) in [5, 5.41) is 13.8. The van der Waals surface area contributed by atoms with Gasteiger partial charge in [0.15, 0.2) is 0 Å². The van der Waals surface area contributed by atoms with Gasteiger partial charge in [0.05, 0.1) is 29.0 Å². The fourth-order valence-electron chi connectivity index (χ4n) is 3.21. The molecule has 2 rings (SSSR count). The molecule has 0 bridgehead atoms. The zero-order chi connectivity index (χ0) is 24.1. The van der Waals surface area contributed by atoms with Gasteiger partial charge in [-0.3, -0.25) is 19.2 Å². The molecule has 2 aromatic rings. The number of para-hydroxylation sites is 1. The minimum atomic E-state index is -3.85. The molecule has 2 aromatic carbocycles. The van der Waals surface area contributed by atoms with Crippen LogP contribution >= 0.6 is 0 Å². The number of ether oxygens (including phenoxy) is 1. The Bertz CT molecular complexity index is 1090. The van der Waals surface area contributed by atoms with Crippen molar-refractivity contribution in [1.82, 2.24) is 5.32 Å². The molecule has 0 atom stereocenters. The van der Waals surface area contributed by atoms with Gasteiger partial charge < -0.3 is 10.1 Å². The number of anilines is 1. The predicted octanol–water partition coefficient (Wildman–Crippen LogP) is 3.16. The number of nitro groups is 1. The number of rotatable bonds is 9. The van der Waals surface area contributed by atoms with Gasteiger partial charge in [-0.2, -0.15) is 0 Å². The first kappa shape index (κ1) is 25.1. The highest BCUT2D eigenvalue weighted by atomic mass is 32.2. The Balaban J connectivity index is 2.05. The van der Waals surface area contributed by atoms with Crippen LogP contribution in [0.2, 0.25) is 0 Å².